The van der Waals surface area contributed by atoms with E-state index in [2.05, 4.69) is 54.6 Å². The largest absolute Gasteiger partial charge is 0.455 e. The van der Waals surface area contributed by atoms with Crippen LogP contribution in [-0.2, 0) is 6.42 Å². The fourth-order valence-electron chi connectivity index (χ4n) is 3.83. The van der Waals surface area contributed by atoms with Gasteiger partial charge in [-0.1, -0.05) is 66.7 Å². The van der Waals surface area contributed by atoms with Gasteiger partial charge in [0.05, 0.1) is 5.69 Å². The molecule has 0 atom stereocenters. The van der Waals surface area contributed by atoms with Crippen LogP contribution in [0.3, 0.4) is 0 Å². The number of rotatable bonds is 3. The van der Waals surface area contributed by atoms with Crippen molar-refractivity contribution in [1.82, 2.24) is 0 Å². The molecule has 0 aliphatic heterocycles. The Morgan fingerprint density at radius 3 is 2.19 bits per heavy atom. The molecule has 0 spiro atoms. The summed E-state index contributed by atoms with van der Waals surface area (Å²) in [6, 6.07) is 31.0. The van der Waals surface area contributed by atoms with E-state index in [4.69, 9.17) is 10.5 Å². The van der Waals surface area contributed by atoms with E-state index in [0.29, 0.717) is 11.4 Å². The first kappa shape index (κ1) is 15.7. The molecule has 0 aromatic heterocycles. The zero-order valence-corrected chi connectivity index (χ0v) is 14.9. The van der Waals surface area contributed by atoms with Crippen LogP contribution in [0.4, 0.5) is 5.69 Å². The van der Waals surface area contributed by atoms with Crippen molar-refractivity contribution in [1.29, 1.82) is 0 Å². The fraction of sp³-hybridized carbons (Fsp3) is 0.0400. The second-order valence-electron chi connectivity index (χ2n) is 6.83. The number of hydrogen-bond acceptors (Lipinski definition) is 2. The van der Waals surface area contributed by atoms with Crippen molar-refractivity contribution in [2.75, 3.05) is 5.73 Å². The number of hydrogen-bond donors (Lipinski definition) is 1. The first-order valence-electron chi connectivity index (χ1n) is 9.12. The van der Waals surface area contributed by atoms with Crippen LogP contribution in [0.1, 0.15) is 11.1 Å². The standard InChI is InChI=1S/C25H19NO/c26-24-10-3-4-11-25(24)27-19-14-12-17(13-15-19)20-8-5-9-22-21-7-2-1-6-18(21)16-23(20)22/h1-15H,16,26H2. The maximum absolute atomic E-state index is 5.97. The zero-order valence-electron chi connectivity index (χ0n) is 14.9. The molecule has 5 rings (SSSR count). The van der Waals surface area contributed by atoms with Gasteiger partial charge in [0.15, 0.2) is 0 Å². The summed E-state index contributed by atoms with van der Waals surface area (Å²) in [6.07, 6.45) is 0.987. The van der Waals surface area contributed by atoms with Crippen molar-refractivity contribution in [3.8, 4) is 33.8 Å². The minimum atomic E-state index is 0.639. The summed E-state index contributed by atoms with van der Waals surface area (Å²) in [7, 11) is 0. The average molecular weight is 349 g/mol. The fourth-order valence-corrected chi connectivity index (χ4v) is 3.83. The molecule has 1 aliphatic carbocycles. The predicted octanol–water partition coefficient (Wildman–Crippen LogP) is 6.30. The highest BCUT2D eigenvalue weighted by Gasteiger charge is 2.20. The van der Waals surface area contributed by atoms with Crippen LogP contribution in [0.25, 0.3) is 22.3 Å². The number of ether oxygens (including phenoxy) is 1. The van der Waals surface area contributed by atoms with Crippen LogP contribution < -0.4 is 10.5 Å². The van der Waals surface area contributed by atoms with E-state index >= 15 is 0 Å². The van der Waals surface area contributed by atoms with E-state index < -0.39 is 0 Å². The summed E-state index contributed by atoms with van der Waals surface area (Å²) < 4.78 is 5.92. The first-order valence-corrected chi connectivity index (χ1v) is 9.12. The van der Waals surface area contributed by atoms with Crippen molar-refractivity contribution < 1.29 is 4.74 Å². The van der Waals surface area contributed by atoms with Gasteiger partial charge < -0.3 is 10.5 Å². The molecule has 0 fully saturated rings. The molecule has 0 heterocycles. The smallest absolute Gasteiger partial charge is 0.150 e. The third kappa shape index (κ3) is 2.76. The van der Waals surface area contributed by atoms with Crippen molar-refractivity contribution in [3.05, 3.63) is 102 Å². The average Bonchev–Trinajstić information content (AvgIpc) is 3.09. The van der Waals surface area contributed by atoms with E-state index in [-0.39, 0.29) is 0 Å². The molecule has 27 heavy (non-hydrogen) atoms. The molecule has 0 radical (unpaired) electrons. The Labute approximate surface area is 158 Å². The third-order valence-corrected chi connectivity index (χ3v) is 5.16. The maximum Gasteiger partial charge on any atom is 0.150 e. The highest BCUT2D eigenvalue weighted by molar-refractivity contribution is 5.84. The maximum atomic E-state index is 5.97. The number of anilines is 1. The van der Waals surface area contributed by atoms with E-state index in [1.54, 1.807) is 0 Å². The van der Waals surface area contributed by atoms with Crippen LogP contribution in [0.2, 0.25) is 0 Å². The van der Waals surface area contributed by atoms with Crippen LogP contribution in [0.5, 0.6) is 11.5 Å². The number of benzene rings is 4. The highest BCUT2D eigenvalue weighted by atomic mass is 16.5. The van der Waals surface area contributed by atoms with Crippen molar-refractivity contribution in [3.63, 3.8) is 0 Å². The van der Waals surface area contributed by atoms with Gasteiger partial charge in [-0.25, -0.2) is 0 Å². The van der Waals surface area contributed by atoms with Gasteiger partial charge in [-0.05, 0) is 64.1 Å². The Kier molecular flexibility index (Phi) is 3.68. The number of nitrogen functional groups attached to an aromatic ring is 1. The number of nitrogens with two attached hydrogens (primary N) is 1. The predicted molar refractivity (Wildman–Crippen MR) is 111 cm³/mol. The molecule has 1 aliphatic rings. The monoisotopic (exact) mass is 349 g/mol. The summed E-state index contributed by atoms with van der Waals surface area (Å²) in [4.78, 5) is 0. The van der Waals surface area contributed by atoms with E-state index in [1.807, 2.05) is 36.4 Å². The molecular formula is C25H19NO. The second kappa shape index (κ2) is 6.33. The lowest BCUT2D eigenvalue weighted by Crippen LogP contribution is -1.92. The SMILES string of the molecule is Nc1ccccc1Oc1ccc(-c2cccc3c2Cc2ccccc2-3)cc1. The van der Waals surface area contributed by atoms with E-state index in [0.717, 1.165) is 12.2 Å². The van der Waals surface area contributed by atoms with Gasteiger partial charge in [0.25, 0.3) is 0 Å². The van der Waals surface area contributed by atoms with E-state index in [1.165, 1.54) is 33.4 Å². The molecule has 2 N–H and O–H groups in total. The molecule has 0 unspecified atom stereocenters. The topological polar surface area (TPSA) is 35.2 Å². The molecule has 2 nitrogen and oxygen atoms in total. The minimum Gasteiger partial charge on any atom is -0.455 e. The zero-order chi connectivity index (χ0) is 18.2. The van der Waals surface area contributed by atoms with Gasteiger partial charge in [-0.3, -0.25) is 0 Å². The molecule has 0 amide bonds. The molecule has 4 aromatic carbocycles. The lowest BCUT2D eigenvalue weighted by molar-refractivity contribution is 0.485. The molecular weight excluding hydrogens is 330 g/mol. The third-order valence-electron chi connectivity index (χ3n) is 5.16. The van der Waals surface area contributed by atoms with Gasteiger partial charge >= 0.3 is 0 Å². The number of fused-ring (bicyclic) bond motifs is 3. The van der Waals surface area contributed by atoms with Gasteiger partial charge in [-0.15, -0.1) is 0 Å². The van der Waals surface area contributed by atoms with Gasteiger partial charge in [0.1, 0.15) is 11.5 Å². The quantitative estimate of drug-likeness (QED) is 0.388. The minimum absolute atomic E-state index is 0.639. The van der Waals surface area contributed by atoms with Gasteiger partial charge in [0.2, 0.25) is 0 Å². The molecule has 4 aromatic rings. The van der Waals surface area contributed by atoms with Crippen LogP contribution in [0, 0.1) is 0 Å². The number of para-hydroxylation sites is 2. The van der Waals surface area contributed by atoms with Crippen molar-refractivity contribution >= 4 is 5.69 Å². The summed E-state index contributed by atoms with van der Waals surface area (Å²) in [6.45, 7) is 0. The molecule has 0 saturated carbocycles. The Morgan fingerprint density at radius 1 is 0.630 bits per heavy atom. The Morgan fingerprint density at radius 2 is 1.33 bits per heavy atom. The molecule has 2 heteroatoms. The summed E-state index contributed by atoms with van der Waals surface area (Å²) >= 11 is 0. The first-order chi connectivity index (χ1) is 13.3. The Hall–Kier alpha value is -3.52. The Balaban J connectivity index is 1.48. The molecule has 130 valence electrons. The normalized spacial score (nSPS) is 11.7. The van der Waals surface area contributed by atoms with Crippen LogP contribution >= 0.6 is 0 Å². The molecule has 0 saturated heterocycles. The lowest BCUT2D eigenvalue weighted by atomic mass is 9.96. The summed E-state index contributed by atoms with van der Waals surface area (Å²) in [5.41, 5.74) is 14.6. The van der Waals surface area contributed by atoms with Crippen LogP contribution in [-0.4, -0.2) is 0 Å². The summed E-state index contributed by atoms with van der Waals surface area (Å²) in [5.74, 6) is 1.47. The summed E-state index contributed by atoms with van der Waals surface area (Å²) in [5, 5.41) is 0. The lowest BCUT2D eigenvalue weighted by Gasteiger charge is -2.11. The van der Waals surface area contributed by atoms with Gasteiger partial charge in [0, 0.05) is 0 Å². The Bertz CT molecular complexity index is 1130. The van der Waals surface area contributed by atoms with Crippen molar-refractivity contribution in [2.24, 2.45) is 0 Å². The second-order valence-corrected chi connectivity index (χ2v) is 6.83. The molecule has 0 bridgehead atoms. The van der Waals surface area contributed by atoms with Crippen molar-refractivity contribution in [2.45, 2.75) is 6.42 Å². The van der Waals surface area contributed by atoms with E-state index in [9.17, 15) is 0 Å². The highest BCUT2D eigenvalue weighted by Crippen LogP contribution is 2.41. The van der Waals surface area contributed by atoms with Gasteiger partial charge in [-0.2, -0.15) is 0 Å². The van der Waals surface area contributed by atoms with Crippen LogP contribution in [0.15, 0.2) is 91.0 Å².